The minimum atomic E-state index is -0.682. The highest BCUT2D eigenvalue weighted by molar-refractivity contribution is 6.08. The summed E-state index contributed by atoms with van der Waals surface area (Å²) in [6, 6.07) is 24.7. The Balaban J connectivity index is 1.63. The van der Waals surface area contributed by atoms with E-state index in [1.165, 1.54) is 4.90 Å². The number of para-hydroxylation sites is 1. The van der Waals surface area contributed by atoms with Crippen LogP contribution in [0.25, 0.3) is 0 Å². The molecule has 1 atom stereocenters. The summed E-state index contributed by atoms with van der Waals surface area (Å²) < 4.78 is 5.24. The molecule has 0 spiro atoms. The van der Waals surface area contributed by atoms with Gasteiger partial charge < -0.3 is 15.0 Å². The van der Waals surface area contributed by atoms with E-state index in [1.807, 2.05) is 43.3 Å². The van der Waals surface area contributed by atoms with Crippen molar-refractivity contribution in [1.82, 2.24) is 4.90 Å². The van der Waals surface area contributed by atoms with E-state index in [0.717, 1.165) is 5.56 Å². The Kier molecular flexibility index (Phi) is 7.17. The second-order valence-electron chi connectivity index (χ2n) is 7.03. The molecule has 0 aromatic heterocycles. The fourth-order valence-corrected chi connectivity index (χ4v) is 3.03. The van der Waals surface area contributed by atoms with Gasteiger partial charge >= 0.3 is 5.97 Å². The first-order chi connectivity index (χ1) is 15.0. The topological polar surface area (TPSA) is 75.7 Å². The molecule has 6 heteroatoms. The van der Waals surface area contributed by atoms with Crippen LogP contribution in [0.3, 0.4) is 0 Å². The lowest BCUT2D eigenvalue weighted by Gasteiger charge is -2.25. The van der Waals surface area contributed by atoms with Crippen LogP contribution in [-0.4, -0.2) is 36.3 Å². The van der Waals surface area contributed by atoms with E-state index in [0.29, 0.717) is 11.3 Å². The van der Waals surface area contributed by atoms with E-state index in [4.69, 9.17) is 4.74 Å². The summed E-state index contributed by atoms with van der Waals surface area (Å²) >= 11 is 0. The highest BCUT2D eigenvalue weighted by Crippen LogP contribution is 2.20. The molecular formula is C25H24N2O4. The maximum absolute atomic E-state index is 12.6. The second-order valence-corrected chi connectivity index (χ2v) is 7.03. The predicted molar refractivity (Wildman–Crippen MR) is 119 cm³/mol. The van der Waals surface area contributed by atoms with Crippen molar-refractivity contribution in [3.05, 3.63) is 102 Å². The Morgan fingerprint density at radius 3 is 2.13 bits per heavy atom. The van der Waals surface area contributed by atoms with Crippen molar-refractivity contribution in [2.45, 2.75) is 13.0 Å². The third-order valence-corrected chi connectivity index (χ3v) is 5.01. The zero-order chi connectivity index (χ0) is 22.2. The fourth-order valence-electron chi connectivity index (χ4n) is 3.03. The van der Waals surface area contributed by atoms with Crippen molar-refractivity contribution < 1.29 is 19.1 Å². The van der Waals surface area contributed by atoms with Crippen LogP contribution in [0, 0.1) is 0 Å². The van der Waals surface area contributed by atoms with Crippen molar-refractivity contribution in [1.29, 1.82) is 0 Å². The number of carbonyl (C=O) groups excluding carboxylic acids is 3. The van der Waals surface area contributed by atoms with Gasteiger partial charge in [0.05, 0.1) is 17.3 Å². The highest BCUT2D eigenvalue weighted by Gasteiger charge is 2.20. The van der Waals surface area contributed by atoms with E-state index >= 15 is 0 Å². The van der Waals surface area contributed by atoms with E-state index in [9.17, 15) is 14.4 Å². The number of anilines is 1. The Bertz CT molecular complexity index is 1050. The molecule has 1 N–H and O–H groups in total. The quantitative estimate of drug-likeness (QED) is 0.582. The van der Waals surface area contributed by atoms with Crippen molar-refractivity contribution >= 4 is 23.5 Å². The number of carbonyl (C=O) groups is 3. The molecule has 0 aliphatic carbocycles. The van der Waals surface area contributed by atoms with Crippen LogP contribution in [-0.2, 0) is 9.53 Å². The average molecular weight is 416 g/mol. The Morgan fingerprint density at radius 2 is 1.45 bits per heavy atom. The van der Waals surface area contributed by atoms with Crippen LogP contribution in [0.15, 0.2) is 84.9 Å². The fraction of sp³-hybridized carbons (Fsp3) is 0.160. The molecule has 6 nitrogen and oxygen atoms in total. The molecule has 0 radical (unpaired) electrons. The minimum absolute atomic E-state index is 0.162. The van der Waals surface area contributed by atoms with E-state index in [-0.39, 0.29) is 23.4 Å². The number of hydrogen-bond donors (Lipinski definition) is 1. The number of amides is 2. The van der Waals surface area contributed by atoms with Crippen LogP contribution >= 0.6 is 0 Å². The van der Waals surface area contributed by atoms with Gasteiger partial charge in [0, 0.05) is 12.6 Å². The minimum Gasteiger partial charge on any atom is -0.452 e. The molecule has 0 fully saturated rings. The Hall–Kier alpha value is -3.93. The van der Waals surface area contributed by atoms with Gasteiger partial charge in [-0.2, -0.15) is 0 Å². The monoisotopic (exact) mass is 416 g/mol. The molecule has 0 bridgehead atoms. The first-order valence-electron chi connectivity index (χ1n) is 9.90. The molecule has 3 rings (SSSR count). The van der Waals surface area contributed by atoms with E-state index < -0.39 is 12.6 Å². The summed E-state index contributed by atoms with van der Waals surface area (Å²) in [5, 5.41) is 2.72. The zero-order valence-corrected chi connectivity index (χ0v) is 17.4. The van der Waals surface area contributed by atoms with Crippen molar-refractivity contribution in [2.24, 2.45) is 0 Å². The SMILES string of the molecule is CC(c1ccccc1)N(C)C(=O)COC(=O)c1ccccc1NC(=O)c1ccccc1. The maximum Gasteiger partial charge on any atom is 0.340 e. The summed E-state index contributed by atoms with van der Waals surface area (Å²) in [6.45, 7) is 1.51. The third-order valence-electron chi connectivity index (χ3n) is 5.01. The summed E-state index contributed by atoms with van der Waals surface area (Å²) in [7, 11) is 1.67. The molecule has 2 amide bonds. The molecule has 0 heterocycles. The van der Waals surface area contributed by atoms with Gasteiger partial charge in [0.1, 0.15) is 0 Å². The van der Waals surface area contributed by atoms with Gasteiger partial charge in [-0.15, -0.1) is 0 Å². The molecule has 0 aliphatic rings. The van der Waals surface area contributed by atoms with Crippen LogP contribution in [0.1, 0.15) is 39.2 Å². The molecule has 0 aliphatic heterocycles. The average Bonchev–Trinajstić information content (AvgIpc) is 2.82. The van der Waals surface area contributed by atoms with Crippen molar-refractivity contribution in [3.8, 4) is 0 Å². The predicted octanol–water partition coefficient (Wildman–Crippen LogP) is 4.32. The van der Waals surface area contributed by atoms with Crippen LogP contribution in [0.4, 0.5) is 5.69 Å². The molecule has 158 valence electrons. The van der Waals surface area contributed by atoms with Gasteiger partial charge in [-0.25, -0.2) is 4.79 Å². The smallest absolute Gasteiger partial charge is 0.340 e. The molecule has 0 saturated carbocycles. The number of esters is 1. The number of ether oxygens (including phenoxy) is 1. The lowest BCUT2D eigenvalue weighted by Crippen LogP contribution is -2.33. The second kappa shape index (κ2) is 10.2. The van der Waals surface area contributed by atoms with Crippen LogP contribution in [0.2, 0.25) is 0 Å². The molecular weight excluding hydrogens is 392 g/mol. The lowest BCUT2D eigenvalue weighted by atomic mass is 10.1. The van der Waals surface area contributed by atoms with Gasteiger partial charge in [-0.1, -0.05) is 60.7 Å². The molecule has 31 heavy (non-hydrogen) atoms. The van der Waals surface area contributed by atoms with Crippen molar-refractivity contribution in [2.75, 3.05) is 19.0 Å². The molecule has 0 saturated heterocycles. The van der Waals surface area contributed by atoms with Crippen LogP contribution < -0.4 is 5.32 Å². The maximum atomic E-state index is 12.6. The number of benzene rings is 3. The molecule has 3 aromatic rings. The first-order valence-corrected chi connectivity index (χ1v) is 9.90. The highest BCUT2D eigenvalue weighted by atomic mass is 16.5. The summed E-state index contributed by atoms with van der Waals surface area (Å²) in [4.78, 5) is 39.1. The number of rotatable bonds is 7. The van der Waals surface area contributed by atoms with Gasteiger partial charge in [0.2, 0.25) is 0 Å². The Morgan fingerprint density at radius 1 is 0.871 bits per heavy atom. The summed E-state index contributed by atoms with van der Waals surface area (Å²) in [5.41, 5.74) is 1.95. The third kappa shape index (κ3) is 5.57. The van der Waals surface area contributed by atoms with E-state index in [2.05, 4.69) is 5.32 Å². The number of likely N-dealkylation sites (N-methyl/N-ethyl adjacent to an activating group) is 1. The van der Waals surface area contributed by atoms with Gasteiger partial charge in [0.25, 0.3) is 11.8 Å². The lowest BCUT2D eigenvalue weighted by molar-refractivity contribution is -0.135. The normalized spacial score (nSPS) is 11.3. The summed E-state index contributed by atoms with van der Waals surface area (Å²) in [6.07, 6.45) is 0. The number of nitrogens with zero attached hydrogens (tertiary/aromatic N) is 1. The number of hydrogen-bond acceptors (Lipinski definition) is 4. The zero-order valence-electron chi connectivity index (χ0n) is 17.4. The first kappa shape index (κ1) is 21.8. The van der Waals surface area contributed by atoms with Gasteiger partial charge in [-0.05, 0) is 36.8 Å². The number of nitrogens with one attached hydrogen (secondary N) is 1. The Labute approximate surface area is 181 Å². The summed E-state index contributed by atoms with van der Waals surface area (Å²) in [5.74, 6) is -1.35. The van der Waals surface area contributed by atoms with Gasteiger partial charge in [0.15, 0.2) is 6.61 Å². The largest absolute Gasteiger partial charge is 0.452 e. The standard InChI is InChI=1S/C25H24N2O4/c1-18(19-11-5-3-6-12-19)27(2)23(28)17-31-25(30)21-15-9-10-16-22(21)26-24(29)20-13-7-4-8-14-20/h3-16,18H,17H2,1-2H3,(H,26,29). The van der Waals surface area contributed by atoms with Crippen LogP contribution in [0.5, 0.6) is 0 Å². The molecule has 3 aromatic carbocycles. The van der Waals surface area contributed by atoms with Gasteiger partial charge in [-0.3, -0.25) is 9.59 Å². The van der Waals surface area contributed by atoms with Crippen molar-refractivity contribution in [3.63, 3.8) is 0 Å². The molecule has 1 unspecified atom stereocenters. The van der Waals surface area contributed by atoms with E-state index in [1.54, 1.807) is 55.6 Å².